The first-order chi connectivity index (χ1) is 7.31. The van der Waals surface area contributed by atoms with Gasteiger partial charge in [-0.3, -0.25) is 4.90 Å². The van der Waals surface area contributed by atoms with Gasteiger partial charge in [-0.1, -0.05) is 12.1 Å². The summed E-state index contributed by atoms with van der Waals surface area (Å²) in [6, 6.07) is 2.41. The molecule has 1 saturated heterocycles. The molecule has 2 unspecified atom stereocenters. The van der Waals surface area contributed by atoms with Crippen LogP contribution < -0.4 is 5.73 Å². The SMILES string of the molecule is CC1CCCN(Cc2ccno2)C1CN. The van der Waals surface area contributed by atoms with Gasteiger partial charge in [0.1, 0.15) is 0 Å². The highest BCUT2D eigenvalue weighted by Gasteiger charge is 2.27. The van der Waals surface area contributed by atoms with E-state index in [1.54, 1.807) is 6.20 Å². The molecule has 2 atom stereocenters. The number of hydrogen-bond donors (Lipinski definition) is 1. The summed E-state index contributed by atoms with van der Waals surface area (Å²) in [7, 11) is 0. The van der Waals surface area contributed by atoms with E-state index in [1.807, 2.05) is 6.07 Å². The van der Waals surface area contributed by atoms with Crippen LogP contribution in [-0.2, 0) is 6.54 Å². The third kappa shape index (κ3) is 2.38. The summed E-state index contributed by atoms with van der Waals surface area (Å²) in [4.78, 5) is 2.41. The maximum absolute atomic E-state index is 5.83. The smallest absolute Gasteiger partial charge is 0.150 e. The summed E-state index contributed by atoms with van der Waals surface area (Å²) in [6.45, 7) is 4.97. The lowest BCUT2D eigenvalue weighted by atomic mass is 9.91. The van der Waals surface area contributed by atoms with Crippen molar-refractivity contribution in [3.63, 3.8) is 0 Å². The molecular weight excluding hydrogens is 190 g/mol. The summed E-state index contributed by atoms with van der Waals surface area (Å²) in [5, 5.41) is 3.72. The highest BCUT2D eigenvalue weighted by atomic mass is 16.5. The summed E-state index contributed by atoms with van der Waals surface area (Å²) >= 11 is 0. The molecule has 0 saturated carbocycles. The molecule has 2 rings (SSSR count). The van der Waals surface area contributed by atoms with Crippen LogP contribution in [0.25, 0.3) is 0 Å². The van der Waals surface area contributed by atoms with Crippen molar-refractivity contribution in [1.82, 2.24) is 10.1 Å². The first-order valence-corrected chi connectivity index (χ1v) is 5.65. The second-order valence-electron chi connectivity index (χ2n) is 4.37. The molecule has 0 bridgehead atoms. The van der Waals surface area contributed by atoms with Gasteiger partial charge in [-0.05, 0) is 25.3 Å². The molecule has 1 aromatic heterocycles. The van der Waals surface area contributed by atoms with Gasteiger partial charge in [0.25, 0.3) is 0 Å². The normalized spacial score (nSPS) is 28.1. The quantitative estimate of drug-likeness (QED) is 0.813. The molecule has 84 valence electrons. The Morgan fingerprint density at radius 2 is 2.53 bits per heavy atom. The van der Waals surface area contributed by atoms with Crippen LogP contribution >= 0.6 is 0 Å². The zero-order valence-corrected chi connectivity index (χ0v) is 9.22. The Kier molecular flexibility index (Phi) is 3.38. The number of nitrogens with zero attached hydrogens (tertiary/aromatic N) is 2. The molecule has 0 aromatic carbocycles. The van der Waals surface area contributed by atoms with Crippen LogP contribution in [0.2, 0.25) is 0 Å². The van der Waals surface area contributed by atoms with E-state index in [9.17, 15) is 0 Å². The average Bonchev–Trinajstić information content (AvgIpc) is 2.71. The topological polar surface area (TPSA) is 55.3 Å². The Hall–Kier alpha value is -0.870. The average molecular weight is 209 g/mol. The van der Waals surface area contributed by atoms with E-state index in [0.717, 1.165) is 25.4 Å². The molecular formula is C11H19N3O. The van der Waals surface area contributed by atoms with Gasteiger partial charge in [0.15, 0.2) is 5.76 Å². The number of piperidine rings is 1. The molecule has 1 aliphatic heterocycles. The molecule has 0 radical (unpaired) electrons. The Labute approximate surface area is 90.4 Å². The van der Waals surface area contributed by atoms with Crippen LogP contribution in [0.15, 0.2) is 16.8 Å². The van der Waals surface area contributed by atoms with Crippen LogP contribution in [0.1, 0.15) is 25.5 Å². The van der Waals surface area contributed by atoms with Gasteiger partial charge in [0, 0.05) is 18.7 Å². The summed E-state index contributed by atoms with van der Waals surface area (Å²) in [5.41, 5.74) is 5.83. The van der Waals surface area contributed by atoms with Gasteiger partial charge in [-0.15, -0.1) is 0 Å². The van der Waals surface area contributed by atoms with Crippen molar-refractivity contribution < 1.29 is 4.52 Å². The standard InChI is InChI=1S/C11H19N3O/c1-9-3-2-6-14(11(9)7-12)8-10-4-5-13-15-10/h4-5,9,11H,2-3,6-8,12H2,1H3. The van der Waals surface area contributed by atoms with Crippen LogP contribution in [0.5, 0.6) is 0 Å². The van der Waals surface area contributed by atoms with Gasteiger partial charge >= 0.3 is 0 Å². The van der Waals surface area contributed by atoms with E-state index in [1.165, 1.54) is 12.8 Å². The highest BCUT2D eigenvalue weighted by Crippen LogP contribution is 2.24. The second kappa shape index (κ2) is 4.77. The van der Waals surface area contributed by atoms with Crippen molar-refractivity contribution in [2.24, 2.45) is 11.7 Å². The van der Waals surface area contributed by atoms with Crippen LogP contribution in [0, 0.1) is 5.92 Å². The lowest BCUT2D eigenvalue weighted by Crippen LogP contribution is -2.47. The molecule has 2 heterocycles. The molecule has 2 N–H and O–H groups in total. The summed E-state index contributed by atoms with van der Waals surface area (Å²) in [5.74, 6) is 1.62. The third-order valence-electron chi connectivity index (χ3n) is 3.32. The minimum absolute atomic E-state index is 0.490. The molecule has 0 spiro atoms. The zero-order chi connectivity index (χ0) is 10.7. The van der Waals surface area contributed by atoms with Crippen LogP contribution in [0.4, 0.5) is 0 Å². The highest BCUT2D eigenvalue weighted by molar-refractivity contribution is 4.95. The lowest BCUT2D eigenvalue weighted by molar-refractivity contribution is 0.0892. The van der Waals surface area contributed by atoms with Crippen molar-refractivity contribution in [1.29, 1.82) is 0 Å². The number of nitrogens with two attached hydrogens (primary N) is 1. The molecule has 1 aromatic rings. The molecule has 1 aliphatic rings. The van der Waals surface area contributed by atoms with E-state index in [2.05, 4.69) is 17.0 Å². The summed E-state index contributed by atoms with van der Waals surface area (Å²) in [6.07, 6.45) is 4.24. The second-order valence-corrected chi connectivity index (χ2v) is 4.37. The van der Waals surface area contributed by atoms with Crippen molar-refractivity contribution >= 4 is 0 Å². The summed E-state index contributed by atoms with van der Waals surface area (Å²) < 4.78 is 5.13. The van der Waals surface area contributed by atoms with Crippen molar-refractivity contribution in [3.05, 3.63) is 18.0 Å². The Balaban J connectivity index is 2.00. The molecule has 0 amide bonds. The molecule has 4 heteroatoms. The fourth-order valence-corrected chi connectivity index (χ4v) is 2.44. The molecule has 15 heavy (non-hydrogen) atoms. The number of aromatic nitrogens is 1. The van der Waals surface area contributed by atoms with Crippen molar-refractivity contribution in [3.8, 4) is 0 Å². The molecule has 0 aliphatic carbocycles. The van der Waals surface area contributed by atoms with Crippen molar-refractivity contribution in [2.45, 2.75) is 32.4 Å². The van der Waals surface area contributed by atoms with Crippen LogP contribution in [0.3, 0.4) is 0 Å². The van der Waals surface area contributed by atoms with Gasteiger partial charge in [-0.25, -0.2) is 0 Å². The fraction of sp³-hybridized carbons (Fsp3) is 0.727. The van der Waals surface area contributed by atoms with Gasteiger partial charge in [0.2, 0.25) is 0 Å². The zero-order valence-electron chi connectivity index (χ0n) is 9.22. The van der Waals surface area contributed by atoms with Crippen LogP contribution in [-0.4, -0.2) is 29.2 Å². The van der Waals surface area contributed by atoms with Gasteiger partial charge in [0.05, 0.1) is 12.7 Å². The third-order valence-corrected chi connectivity index (χ3v) is 3.32. The lowest BCUT2D eigenvalue weighted by Gasteiger charge is -2.38. The monoisotopic (exact) mass is 209 g/mol. The minimum Gasteiger partial charge on any atom is -0.360 e. The van der Waals surface area contributed by atoms with Gasteiger partial charge < -0.3 is 10.3 Å². The largest absolute Gasteiger partial charge is 0.360 e. The Morgan fingerprint density at radius 3 is 3.20 bits per heavy atom. The predicted octanol–water partition coefficient (Wildman–Crippen LogP) is 1.23. The first-order valence-electron chi connectivity index (χ1n) is 5.65. The minimum atomic E-state index is 0.490. The number of hydrogen-bond acceptors (Lipinski definition) is 4. The Bertz CT molecular complexity index is 286. The number of likely N-dealkylation sites (tertiary alicyclic amines) is 1. The van der Waals surface area contributed by atoms with E-state index in [4.69, 9.17) is 10.3 Å². The number of rotatable bonds is 3. The Morgan fingerprint density at radius 1 is 1.67 bits per heavy atom. The predicted molar refractivity (Wildman–Crippen MR) is 58.2 cm³/mol. The maximum atomic E-state index is 5.83. The first kappa shape index (κ1) is 10.6. The van der Waals surface area contributed by atoms with Crippen molar-refractivity contribution in [2.75, 3.05) is 13.1 Å². The van der Waals surface area contributed by atoms with E-state index >= 15 is 0 Å². The molecule has 1 fully saturated rings. The fourth-order valence-electron chi connectivity index (χ4n) is 2.44. The van der Waals surface area contributed by atoms with E-state index in [0.29, 0.717) is 12.0 Å². The maximum Gasteiger partial charge on any atom is 0.150 e. The van der Waals surface area contributed by atoms with E-state index in [-0.39, 0.29) is 0 Å². The molecule has 4 nitrogen and oxygen atoms in total. The van der Waals surface area contributed by atoms with E-state index < -0.39 is 0 Å². The van der Waals surface area contributed by atoms with Gasteiger partial charge in [-0.2, -0.15) is 0 Å².